The molecule has 8 heteroatoms. The second-order valence-electron chi connectivity index (χ2n) is 8.69. The van der Waals surface area contributed by atoms with Crippen molar-refractivity contribution in [1.82, 2.24) is 15.1 Å². The molecule has 4 rings (SSSR count). The lowest BCUT2D eigenvalue weighted by atomic mass is 9.93. The first-order valence-corrected chi connectivity index (χ1v) is 11.9. The minimum absolute atomic E-state index is 0.0653. The van der Waals surface area contributed by atoms with Crippen LogP contribution in [0, 0.1) is 0 Å². The van der Waals surface area contributed by atoms with Gasteiger partial charge in [-0.1, -0.05) is 53.0 Å². The van der Waals surface area contributed by atoms with Gasteiger partial charge < -0.3 is 15.1 Å². The zero-order chi connectivity index (χ0) is 22.9. The molecule has 1 N–H and O–H groups in total. The molecule has 2 aliphatic rings. The molecule has 2 fully saturated rings. The van der Waals surface area contributed by atoms with Gasteiger partial charge in [-0.05, 0) is 55.3 Å². The van der Waals surface area contributed by atoms with Crippen LogP contribution in [0.15, 0.2) is 42.5 Å². The number of carbonyl (C=O) groups is 2. The van der Waals surface area contributed by atoms with Crippen molar-refractivity contribution in [2.75, 3.05) is 33.2 Å². The van der Waals surface area contributed by atoms with E-state index in [2.05, 4.69) is 10.2 Å². The Balaban J connectivity index is 1.56. The van der Waals surface area contributed by atoms with Crippen LogP contribution in [0.25, 0.3) is 0 Å². The summed E-state index contributed by atoms with van der Waals surface area (Å²) in [5.74, 6) is -0.236. The second-order valence-corrected chi connectivity index (χ2v) is 9.98. The minimum Gasteiger partial charge on any atom is -0.343 e. The van der Waals surface area contributed by atoms with Gasteiger partial charge in [0.15, 0.2) is 0 Å². The van der Waals surface area contributed by atoms with Gasteiger partial charge in [-0.15, -0.1) is 0 Å². The van der Waals surface area contributed by atoms with Crippen molar-refractivity contribution in [3.63, 3.8) is 0 Å². The number of nitrogens with one attached hydrogen (secondary N) is 1. The van der Waals surface area contributed by atoms with Gasteiger partial charge in [-0.3, -0.25) is 9.59 Å². The van der Waals surface area contributed by atoms with Gasteiger partial charge in [0.1, 0.15) is 6.04 Å². The van der Waals surface area contributed by atoms with Gasteiger partial charge in [-0.25, -0.2) is 0 Å². The lowest BCUT2D eigenvalue weighted by molar-refractivity contribution is -0.138. The van der Waals surface area contributed by atoms with E-state index in [0.29, 0.717) is 47.4 Å². The number of halogens is 3. The van der Waals surface area contributed by atoms with Crippen molar-refractivity contribution >= 4 is 46.6 Å². The summed E-state index contributed by atoms with van der Waals surface area (Å²) in [4.78, 5) is 30.9. The van der Waals surface area contributed by atoms with Gasteiger partial charge in [0.25, 0.3) is 0 Å². The standard InChI is InChI=1S/C24H26Cl3N3O2/c1-29-9-11-30(12-10-29)22(31)21(14-16-3-2-4-17(25)13-16)28-23(32)24(7-8-24)19-6-5-18(26)15-20(19)27/h2-6,13,15,21H,7-12,14H2,1H3,(H,28,32)/t21-/m0/s1. The summed E-state index contributed by atoms with van der Waals surface area (Å²) >= 11 is 18.6. The molecule has 0 unspecified atom stereocenters. The van der Waals surface area contributed by atoms with Crippen molar-refractivity contribution in [1.29, 1.82) is 0 Å². The Labute approximate surface area is 203 Å². The highest BCUT2D eigenvalue weighted by atomic mass is 35.5. The molecular formula is C24H26Cl3N3O2. The van der Waals surface area contributed by atoms with E-state index in [9.17, 15) is 9.59 Å². The third-order valence-electron chi connectivity index (χ3n) is 6.38. The van der Waals surface area contributed by atoms with Crippen molar-refractivity contribution < 1.29 is 9.59 Å². The Morgan fingerprint density at radius 3 is 2.31 bits per heavy atom. The summed E-state index contributed by atoms with van der Waals surface area (Å²) in [6, 6.07) is 11.9. The number of carbonyl (C=O) groups excluding carboxylic acids is 2. The number of piperazine rings is 1. The third kappa shape index (κ3) is 5.07. The summed E-state index contributed by atoms with van der Waals surface area (Å²) in [5, 5.41) is 4.66. The highest BCUT2D eigenvalue weighted by Gasteiger charge is 2.53. The molecule has 1 saturated carbocycles. The normalized spacial score (nSPS) is 18.8. The molecular weight excluding hydrogens is 469 g/mol. The number of hydrogen-bond acceptors (Lipinski definition) is 3. The molecule has 0 radical (unpaired) electrons. The highest BCUT2D eigenvalue weighted by molar-refractivity contribution is 6.35. The summed E-state index contributed by atoms with van der Waals surface area (Å²) in [7, 11) is 2.04. The largest absolute Gasteiger partial charge is 0.343 e. The summed E-state index contributed by atoms with van der Waals surface area (Å²) in [5.41, 5.74) is 0.950. The van der Waals surface area contributed by atoms with E-state index in [1.165, 1.54) is 0 Å². The predicted octanol–water partition coefficient (Wildman–Crippen LogP) is 4.18. The maximum Gasteiger partial charge on any atom is 0.245 e. The van der Waals surface area contributed by atoms with E-state index < -0.39 is 11.5 Å². The van der Waals surface area contributed by atoms with E-state index in [4.69, 9.17) is 34.8 Å². The molecule has 170 valence electrons. The Morgan fingerprint density at radius 2 is 1.69 bits per heavy atom. The van der Waals surface area contributed by atoms with Crippen molar-refractivity contribution in [3.8, 4) is 0 Å². The van der Waals surface area contributed by atoms with Gasteiger partial charge in [0.2, 0.25) is 11.8 Å². The van der Waals surface area contributed by atoms with E-state index in [1.807, 2.05) is 36.2 Å². The Kier molecular flexibility index (Phi) is 7.01. The fraction of sp³-hybridized carbons (Fsp3) is 0.417. The number of amides is 2. The zero-order valence-electron chi connectivity index (χ0n) is 17.9. The van der Waals surface area contributed by atoms with Crippen LogP contribution in [0.1, 0.15) is 24.0 Å². The number of nitrogens with zero attached hydrogens (tertiary/aromatic N) is 2. The van der Waals surface area contributed by atoms with E-state index in [1.54, 1.807) is 18.2 Å². The molecule has 2 aromatic carbocycles. The number of hydrogen-bond donors (Lipinski definition) is 1. The Morgan fingerprint density at radius 1 is 1.00 bits per heavy atom. The first kappa shape index (κ1) is 23.4. The molecule has 0 bridgehead atoms. The number of benzene rings is 2. The van der Waals surface area contributed by atoms with Gasteiger partial charge in [0, 0.05) is 47.7 Å². The molecule has 1 aliphatic heterocycles. The molecule has 1 saturated heterocycles. The molecule has 5 nitrogen and oxygen atoms in total. The van der Waals surface area contributed by atoms with Crippen LogP contribution in [0.3, 0.4) is 0 Å². The quantitative estimate of drug-likeness (QED) is 0.655. The lowest BCUT2D eigenvalue weighted by Crippen LogP contribution is -2.56. The van der Waals surface area contributed by atoms with Crippen LogP contribution >= 0.6 is 34.8 Å². The Bertz CT molecular complexity index is 1020. The molecule has 0 aromatic heterocycles. The summed E-state index contributed by atoms with van der Waals surface area (Å²) < 4.78 is 0. The van der Waals surface area contributed by atoms with E-state index >= 15 is 0 Å². The average Bonchev–Trinajstić information content (AvgIpc) is 3.55. The molecule has 1 atom stereocenters. The van der Waals surface area contributed by atoms with Gasteiger partial charge in [-0.2, -0.15) is 0 Å². The topological polar surface area (TPSA) is 52.6 Å². The van der Waals surface area contributed by atoms with E-state index in [-0.39, 0.29) is 11.8 Å². The molecule has 1 aliphatic carbocycles. The van der Waals surface area contributed by atoms with Crippen LogP contribution < -0.4 is 5.32 Å². The Hall–Kier alpha value is -1.79. The molecule has 2 amide bonds. The predicted molar refractivity (Wildman–Crippen MR) is 129 cm³/mol. The molecule has 1 heterocycles. The van der Waals surface area contributed by atoms with Crippen LogP contribution in [0.2, 0.25) is 15.1 Å². The van der Waals surface area contributed by atoms with Crippen molar-refractivity contribution in [2.24, 2.45) is 0 Å². The van der Waals surface area contributed by atoms with Crippen LogP contribution in [-0.4, -0.2) is 60.9 Å². The molecule has 32 heavy (non-hydrogen) atoms. The maximum atomic E-state index is 13.5. The fourth-order valence-corrected chi connectivity index (χ4v) is 5.07. The number of rotatable bonds is 6. The first-order chi connectivity index (χ1) is 15.3. The minimum atomic E-state index is -0.712. The van der Waals surface area contributed by atoms with Gasteiger partial charge in [0.05, 0.1) is 5.41 Å². The maximum absolute atomic E-state index is 13.5. The molecule has 2 aromatic rings. The average molecular weight is 495 g/mol. The highest BCUT2D eigenvalue weighted by Crippen LogP contribution is 2.51. The smallest absolute Gasteiger partial charge is 0.245 e. The zero-order valence-corrected chi connectivity index (χ0v) is 20.2. The van der Waals surface area contributed by atoms with Crippen LogP contribution in [-0.2, 0) is 21.4 Å². The second kappa shape index (κ2) is 9.60. The number of likely N-dealkylation sites (N-methyl/N-ethyl adjacent to an activating group) is 1. The van der Waals surface area contributed by atoms with Gasteiger partial charge >= 0.3 is 0 Å². The van der Waals surface area contributed by atoms with Crippen molar-refractivity contribution in [3.05, 3.63) is 68.7 Å². The first-order valence-electron chi connectivity index (χ1n) is 10.8. The summed E-state index contributed by atoms with van der Waals surface area (Å²) in [6.07, 6.45) is 1.75. The van der Waals surface area contributed by atoms with Crippen LogP contribution in [0.4, 0.5) is 0 Å². The fourth-order valence-electron chi connectivity index (χ4n) is 4.26. The molecule has 0 spiro atoms. The third-order valence-corrected chi connectivity index (χ3v) is 7.16. The van der Waals surface area contributed by atoms with Crippen LogP contribution in [0.5, 0.6) is 0 Å². The van der Waals surface area contributed by atoms with E-state index in [0.717, 1.165) is 24.2 Å². The van der Waals surface area contributed by atoms with Crippen molar-refractivity contribution in [2.45, 2.75) is 30.7 Å². The lowest BCUT2D eigenvalue weighted by Gasteiger charge is -2.35. The summed E-state index contributed by atoms with van der Waals surface area (Å²) in [6.45, 7) is 2.92. The SMILES string of the molecule is CN1CCN(C(=O)[C@H](Cc2cccc(Cl)c2)NC(=O)C2(c3ccc(Cl)cc3Cl)CC2)CC1. The monoisotopic (exact) mass is 493 g/mol.